The SMILES string of the molecule is [C-]#[N+]C1CCC(C(C)(C)F)C1. The van der Waals surface area contributed by atoms with Crippen LogP contribution in [0, 0.1) is 12.5 Å². The van der Waals surface area contributed by atoms with Crippen LogP contribution in [0.25, 0.3) is 4.85 Å². The van der Waals surface area contributed by atoms with Gasteiger partial charge in [-0.05, 0) is 20.3 Å². The van der Waals surface area contributed by atoms with E-state index in [-0.39, 0.29) is 12.0 Å². The highest BCUT2D eigenvalue weighted by Gasteiger charge is 2.38. The molecule has 0 aromatic heterocycles. The minimum Gasteiger partial charge on any atom is -0.314 e. The van der Waals surface area contributed by atoms with E-state index in [4.69, 9.17) is 6.57 Å². The normalized spacial score (nSPS) is 31.8. The van der Waals surface area contributed by atoms with Gasteiger partial charge in [-0.1, -0.05) is 0 Å². The molecule has 1 aliphatic carbocycles. The van der Waals surface area contributed by atoms with Gasteiger partial charge in [0.2, 0.25) is 6.04 Å². The van der Waals surface area contributed by atoms with Crippen molar-refractivity contribution in [2.24, 2.45) is 5.92 Å². The van der Waals surface area contributed by atoms with Crippen molar-refractivity contribution >= 4 is 0 Å². The first-order valence-electron chi connectivity index (χ1n) is 4.09. The molecular weight excluding hydrogens is 141 g/mol. The first-order valence-corrected chi connectivity index (χ1v) is 4.09. The number of halogens is 1. The molecule has 2 atom stereocenters. The molecule has 0 bridgehead atoms. The molecule has 1 nitrogen and oxygen atoms in total. The lowest BCUT2D eigenvalue weighted by molar-refractivity contribution is 0.128. The largest absolute Gasteiger partial charge is 0.314 e. The van der Waals surface area contributed by atoms with Gasteiger partial charge in [0.15, 0.2) is 0 Å². The van der Waals surface area contributed by atoms with Gasteiger partial charge in [-0.15, -0.1) is 0 Å². The van der Waals surface area contributed by atoms with Gasteiger partial charge in [-0.25, -0.2) is 11.0 Å². The second kappa shape index (κ2) is 2.81. The van der Waals surface area contributed by atoms with E-state index in [0.717, 1.165) is 19.3 Å². The van der Waals surface area contributed by atoms with Crippen molar-refractivity contribution in [3.05, 3.63) is 11.4 Å². The van der Waals surface area contributed by atoms with Crippen LogP contribution in [0.15, 0.2) is 0 Å². The Morgan fingerprint density at radius 2 is 2.09 bits per heavy atom. The first-order chi connectivity index (χ1) is 5.04. The van der Waals surface area contributed by atoms with Crippen molar-refractivity contribution < 1.29 is 4.39 Å². The summed E-state index contributed by atoms with van der Waals surface area (Å²) in [4.78, 5) is 3.43. The molecule has 0 amide bonds. The van der Waals surface area contributed by atoms with E-state index in [1.165, 1.54) is 0 Å². The Kier molecular flexibility index (Phi) is 2.17. The Bertz CT molecular complexity index is 175. The molecule has 0 aliphatic heterocycles. The zero-order valence-electron chi connectivity index (χ0n) is 7.10. The predicted molar refractivity (Wildman–Crippen MR) is 42.9 cm³/mol. The van der Waals surface area contributed by atoms with Crippen LogP contribution in [0.2, 0.25) is 0 Å². The molecule has 2 unspecified atom stereocenters. The molecule has 0 spiro atoms. The van der Waals surface area contributed by atoms with E-state index >= 15 is 0 Å². The van der Waals surface area contributed by atoms with E-state index in [1.807, 2.05) is 0 Å². The first kappa shape index (κ1) is 8.52. The number of rotatable bonds is 1. The van der Waals surface area contributed by atoms with Crippen molar-refractivity contribution in [1.82, 2.24) is 0 Å². The fourth-order valence-electron chi connectivity index (χ4n) is 1.70. The molecule has 62 valence electrons. The molecule has 2 heteroatoms. The van der Waals surface area contributed by atoms with Crippen LogP contribution in [0.3, 0.4) is 0 Å². The summed E-state index contributed by atoms with van der Waals surface area (Å²) in [5, 5.41) is 0. The van der Waals surface area contributed by atoms with Crippen LogP contribution in [0.1, 0.15) is 33.1 Å². The quantitative estimate of drug-likeness (QED) is 0.513. The third-order valence-corrected chi connectivity index (χ3v) is 2.56. The second-order valence-electron chi connectivity index (χ2n) is 3.86. The smallest absolute Gasteiger partial charge is 0.224 e. The Balaban J connectivity index is 2.50. The van der Waals surface area contributed by atoms with Crippen molar-refractivity contribution in [1.29, 1.82) is 0 Å². The van der Waals surface area contributed by atoms with Gasteiger partial charge in [-0.3, -0.25) is 0 Å². The van der Waals surface area contributed by atoms with Gasteiger partial charge < -0.3 is 4.85 Å². The summed E-state index contributed by atoms with van der Waals surface area (Å²) in [6.45, 7) is 10.0. The van der Waals surface area contributed by atoms with E-state index in [0.29, 0.717) is 0 Å². The molecule has 1 fully saturated rings. The zero-order chi connectivity index (χ0) is 8.48. The lowest BCUT2D eigenvalue weighted by Crippen LogP contribution is -2.23. The second-order valence-corrected chi connectivity index (χ2v) is 3.86. The van der Waals surface area contributed by atoms with Crippen molar-refractivity contribution in [2.75, 3.05) is 0 Å². The minimum absolute atomic E-state index is 0.0926. The van der Waals surface area contributed by atoms with Crippen LogP contribution in [-0.2, 0) is 0 Å². The van der Waals surface area contributed by atoms with Gasteiger partial charge >= 0.3 is 0 Å². The van der Waals surface area contributed by atoms with Gasteiger partial charge in [0, 0.05) is 18.8 Å². The Morgan fingerprint density at radius 3 is 2.36 bits per heavy atom. The van der Waals surface area contributed by atoms with Crippen LogP contribution < -0.4 is 0 Å². The number of hydrogen-bond donors (Lipinski definition) is 0. The molecular formula is C9H14FN. The van der Waals surface area contributed by atoms with Gasteiger partial charge in [0.1, 0.15) is 5.67 Å². The molecule has 0 radical (unpaired) electrons. The summed E-state index contributed by atoms with van der Waals surface area (Å²) in [5.74, 6) is 0.113. The minimum atomic E-state index is -1.08. The maximum absolute atomic E-state index is 13.3. The maximum Gasteiger partial charge on any atom is 0.224 e. The predicted octanol–water partition coefficient (Wildman–Crippen LogP) is 2.82. The summed E-state index contributed by atoms with van der Waals surface area (Å²) in [7, 11) is 0. The van der Waals surface area contributed by atoms with Crippen molar-refractivity contribution in [2.45, 2.75) is 44.8 Å². The van der Waals surface area contributed by atoms with Gasteiger partial charge in [-0.2, -0.15) is 0 Å². The fraction of sp³-hybridized carbons (Fsp3) is 0.889. The van der Waals surface area contributed by atoms with Crippen LogP contribution in [0.4, 0.5) is 4.39 Å². The lowest BCUT2D eigenvalue weighted by Gasteiger charge is -2.20. The average Bonchev–Trinajstić information content (AvgIpc) is 2.32. The standard InChI is InChI=1S/C9H14FN/c1-9(2,10)7-4-5-8(6-7)11-3/h7-8H,4-6H2,1-2H3. The molecule has 1 saturated carbocycles. The molecule has 1 rings (SSSR count). The Labute approximate surface area is 67.4 Å². The molecule has 1 aliphatic rings. The summed E-state index contributed by atoms with van der Waals surface area (Å²) < 4.78 is 13.3. The summed E-state index contributed by atoms with van der Waals surface area (Å²) in [5.41, 5.74) is -1.08. The topological polar surface area (TPSA) is 4.36 Å². The molecule has 0 heterocycles. The van der Waals surface area contributed by atoms with Gasteiger partial charge in [0.05, 0.1) is 0 Å². The third kappa shape index (κ3) is 1.92. The van der Waals surface area contributed by atoms with Crippen LogP contribution >= 0.6 is 0 Å². The van der Waals surface area contributed by atoms with Crippen LogP contribution in [-0.4, -0.2) is 11.7 Å². The summed E-state index contributed by atoms with van der Waals surface area (Å²) >= 11 is 0. The molecule has 0 aromatic carbocycles. The highest BCUT2D eigenvalue weighted by Crippen LogP contribution is 2.37. The molecule has 0 saturated heterocycles. The fourth-order valence-corrected chi connectivity index (χ4v) is 1.70. The Hall–Kier alpha value is -0.580. The van der Waals surface area contributed by atoms with Gasteiger partial charge in [0.25, 0.3) is 0 Å². The summed E-state index contributed by atoms with van der Waals surface area (Å²) in [6, 6.07) is 0.0926. The number of hydrogen-bond acceptors (Lipinski definition) is 0. The monoisotopic (exact) mass is 155 g/mol. The zero-order valence-corrected chi connectivity index (χ0v) is 7.10. The summed E-state index contributed by atoms with van der Waals surface area (Å²) in [6.07, 6.45) is 2.53. The Morgan fingerprint density at radius 1 is 1.45 bits per heavy atom. The third-order valence-electron chi connectivity index (χ3n) is 2.56. The van der Waals surface area contributed by atoms with Crippen molar-refractivity contribution in [3.63, 3.8) is 0 Å². The number of alkyl halides is 1. The van der Waals surface area contributed by atoms with E-state index < -0.39 is 5.67 Å². The maximum atomic E-state index is 13.3. The van der Waals surface area contributed by atoms with Crippen molar-refractivity contribution in [3.8, 4) is 0 Å². The van der Waals surface area contributed by atoms with E-state index in [9.17, 15) is 4.39 Å². The highest BCUT2D eigenvalue weighted by atomic mass is 19.1. The van der Waals surface area contributed by atoms with E-state index in [1.54, 1.807) is 13.8 Å². The van der Waals surface area contributed by atoms with Crippen LogP contribution in [0.5, 0.6) is 0 Å². The molecule has 0 aromatic rings. The average molecular weight is 155 g/mol. The molecule has 0 N–H and O–H groups in total. The van der Waals surface area contributed by atoms with E-state index in [2.05, 4.69) is 4.85 Å². The lowest BCUT2D eigenvalue weighted by atomic mass is 9.91. The molecule has 11 heavy (non-hydrogen) atoms. The highest BCUT2D eigenvalue weighted by molar-refractivity contribution is 4.93. The number of nitrogens with zero attached hydrogens (tertiary/aromatic N) is 1.